The van der Waals surface area contributed by atoms with Crippen LogP contribution in [0.15, 0.2) is 71.2 Å². The summed E-state index contributed by atoms with van der Waals surface area (Å²) in [6.45, 7) is 0.0444. The van der Waals surface area contributed by atoms with Crippen molar-refractivity contribution in [3.05, 3.63) is 78.1 Å². The first-order chi connectivity index (χ1) is 14.4. The Bertz CT molecular complexity index is 1050. The predicted molar refractivity (Wildman–Crippen MR) is 110 cm³/mol. The topological polar surface area (TPSA) is 109 Å². The van der Waals surface area contributed by atoms with E-state index in [1.54, 1.807) is 56.6 Å². The van der Waals surface area contributed by atoms with E-state index in [4.69, 9.17) is 4.42 Å². The summed E-state index contributed by atoms with van der Waals surface area (Å²) in [6, 6.07) is 11.9. The lowest BCUT2D eigenvalue weighted by atomic mass is 10.2. The molecule has 154 valence electrons. The number of furan rings is 1. The molecule has 0 spiro atoms. The van der Waals surface area contributed by atoms with Gasteiger partial charge in [-0.1, -0.05) is 18.2 Å². The number of rotatable bonds is 7. The fourth-order valence-corrected chi connectivity index (χ4v) is 2.45. The summed E-state index contributed by atoms with van der Waals surface area (Å²) in [7, 11) is 3.30. The van der Waals surface area contributed by atoms with Crippen molar-refractivity contribution in [1.82, 2.24) is 20.0 Å². The normalized spacial score (nSPS) is 11.1. The lowest BCUT2D eigenvalue weighted by Crippen LogP contribution is -2.30. The van der Waals surface area contributed by atoms with Gasteiger partial charge in [0, 0.05) is 31.9 Å². The first-order valence-electron chi connectivity index (χ1n) is 9.08. The van der Waals surface area contributed by atoms with Gasteiger partial charge in [0.15, 0.2) is 0 Å². The Morgan fingerprint density at radius 1 is 1.13 bits per heavy atom. The van der Waals surface area contributed by atoms with E-state index in [2.05, 4.69) is 15.7 Å². The number of carbonyl (C=O) groups excluding carboxylic acids is 3. The minimum absolute atomic E-state index is 0.00378. The van der Waals surface area contributed by atoms with Crippen LogP contribution in [0.5, 0.6) is 0 Å². The fourth-order valence-electron chi connectivity index (χ4n) is 2.45. The molecule has 0 aliphatic heterocycles. The Morgan fingerprint density at radius 3 is 2.57 bits per heavy atom. The first-order valence-corrected chi connectivity index (χ1v) is 9.08. The van der Waals surface area contributed by atoms with Gasteiger partial charge in [-0.05, 0) is 24.3 Å². The molecule has 0 aliphatic rings. The number of hydrogen-bond donors (Lipinski definition) is 2. The molecule has 0 fully saturated rings. The number of nitrogens with one attached hydrogen (secondary N) is 2. The molecule has 30 heavy (non-hydrogen) atoms. The number of amides is 3. The van der Waals surface area contributed by atoms with E-state index in [0.717, 1.165) is 0 Å². The molecule has 0 aliphatic carbocycles. The minimum atomic E-state index is -0.561. The summed E-state index contributed by atoms with van der Waals surface area (Å²) in [5.41, 5.74) is 0.785. The molecular formula is C21H21N5O4. The number of carbonyl (C=O) groups is 3. The first kappa shape index (κ1) is 20.6. The summed E-state index contributed by atoms with van der Waals surface area (Å²) in [6.07, 6.45) is 5.84. The van der Waals surface area contributed by atoms with Crippen LogP contribution < -0.4 is 10.6 Å². The molecule has 1 aromatic carbocycles. The molecule has 0 unspecified atom stereocenters. The van der Waals surface area contributed by atoms with E-state index in [1.165, 1.54) is 34.3 Å². The van der Waals surface area contributed by atoms with Gasteiger partial charge in [-0.2, -0.15) is 5.10 Å². The summed E-state index contributed by atoms with van der Waals surface area (Å²) in [5, 5.41) is 9.33. The number of nitrogens with zero attached hydrogens (tertiary/aromatic N) is 3. The molecule has 3 aromatic rings. The highest BCUT2D eigenvalue weighted by molar-refractivity contribution is 6.10. The molecule has 0 saturated carbocycles. The second-order valence-electron chi connectivity index (χ2n) is 6.56. The zero-order chi connectivity index (χ0) is 21.5. The number of benzene rings is 1. The van der Waals surface area contributed by atoms with Gasteiger partial charge < -0.3 is 20.0 Å². The third kappa shape index (κ3) is 5.44. The molecular weight excluding hydrogens is 386 g/mol. The van der Waals surface area contributed by atoms with E-state index >= 15 is 0 Å². The van der Waals surface area contributed by atoms with Gasteiger partial charge in [0.1, 0.15) is 18.0 Å². The van der Waals surface area contributed by atoms with Crippen LogP contribution in [0.3, 0.4) is 0 Å². The number of aromatic nitrogens is 2. The third-order valence-electron chi connectivity index (χ3n) is 4.05. The number of likely N-dealkylation sites (N-methyl/N-ethyl adjacent to an activating group) is 1. The van der Waals surface area contributed by atoms with E-state index in [-0.39, 0.29) is 18.1 Å². The van der Waals surface area contributed by atoms with Crippen molar-refractivity contribution in [1.29, 1.82) is 0 Å². The molecule has 3 amide bonds. The maximum absolute atomic E-state index is 12.8. The maximum atomic E-state index is 12.8. The smallest absolute Gasteiger partial charge is 0.272 e. The Morgan fingerprint density at radius 2 is 1.90 bits per heavy atom. The second kappa shape index (κ2) is 9.37. The van der Waals surface area contributed by atoms with Crippen molar-refractivity contribution in [2.24, 2.45) is 0 Å². The van der Waals surface area contributed by atoms with E-state index in [9.17, 15) is 14.4 Å². The average Bonchev–Trinajstić information content (AvgIpc) is 3.40. The van der Waals surface area contributed by atoms with E-state index in [0.29, 0.717) is 17.0 Å². The van der Waals surface area contributed by atoms with Crippen molar-refractivity contribution >= 4 is 29.5 Å². The zero-order valence-electron chi connectivity index (χ0n) is 16.5. The van der Waals surface area contributed by atoms with Crippen LogP contribution in [0, 0.1) is 0 Å². The molecule has 2 heterocycles. The summed E-state index contributed by atoms with van der Waals surface area (Å²) in [4.78, 5) is 38.5. The Kier molecular flexibility index (Phi) is 6.43. The average molecular weight is 407 g/mol. The summed E-state index contributed by atoms with van der Waals surface area (Å²) < 4.78 is 6.67. The molecule has 9 nitrogen and oxygen atoms in total. The van der Waals surface area contributed by atoms with Crippen LogP contribution in [-0.4, -0.2) is 46.5 Å². The zero-order valence-corrected chi connectivity index (χ0v) is 16.5. The predicted octanol–water partition coefficient (Wildman–Crippen LogP) is 1.97. The van der Waals surface area contributed by atoms with Crippen LogP contribution in [-0.2, 0) is 16.1 Å². The Balaban J connectivity index is 1.75. The van der Waals surface area contributed by atoms with Crippen LogP contribution in [0.4, 0.5) is 5.69 Å². The van der Waals surface area contributed by atoms with Gasteiger partial charge in [0.05, 0.1) is 18.1 Å². The monoisotopic (exact) mass is 407 g/mol. The number of hydrogen-bond acceptors (Lipinski definition) is 5. The van der Waals surface area contributed by atoms with Gasteiger partial charge >= 0.3 is 0 Å². The molecule has 9 heteroatoms. The lowest BCUT2D eigenvalue weighted by Gasteiger charge is -2.10. The van der Waals surface area contributed by atoms with Crippen molar-refractivity contribution in [2.75, 3.05) is 19.4 Å². The summed E-state index contributed by atoms with van der Waals surface area (Å²) in [5.74, 6) is -0.727. The largest absolute Gasteiger partial charge is 0.465 e. The lowest BCUT2D eigenvalue weighted by molar-refractivity contribution is -0.129. The molecule has 0 atom stereocenters. The summed E-state index contributed by atoms with van der Waals surface area (Å²) >= 11 is 0. The van der Waals surface area contributed by atoms with Crippen LogP contribution >= 0.6 is 0 Å². The minimum Gasteiger partial charge on any atom is -0.465 e. The number of anilines is 1. The van der Waals surface area contributed by atoms with Gasteiger partial charge in [-0.15, -0.1) is 0 Å². The highest BCUT2D eigenvalue weighted by atomic mass is 16.3. The van der Waals surface area contributed by atoms with Crippen LogP contribution in [0.2, 0.25) is 0 Å². The third-order valence-corrected chi connectivity index (χ3v) is 4.05. The Hall–Kier alpha value is -4.14. The fraction of sp³-hybridized carbons (Fsp3) is 0.143. The molecule has 2 N–H and O–H groups in total. The van der Waals surface area contributed by atoms with E-state index < -0.39 is 11.8 Å². The highest BCUT2D eigenvalue weighted by Crippen LogP contribution is 2.11. The Labute approximate surface area is 173 Å². The quantitative estimate of drug-likeness (QED) is 0.582. The molecule has 0 radical (unpaired) electrons. The van der Waals surface area contributed by atoms with Crippen LogP contribution in [0.1, 0.15) is 16.1 Å². The standard InChI is InChI=1S/C21H21N5O4/c1-25(2)19(27)14-26-13-16(12-22-26)23-21(29)18(11-17-9-6-10-30-17)24-20(28)15-7-4-3-5-8-15/h3-13H,14H2,1-2H3,(H,23,29)(H,24,28). The van der Waals surface area contributed by atoms with Crippen molar-refractivity contribution < 1.29 is 18.8 Å². The molecule has 3 rings (SSSR count). The molecule has 0 saturated heterocycles. The maximum Gasteiger partial charge on any atom is 0.272 e. The van der Waals surface area contributed by atoms with Crippen LogP contribution in [0.25, 0.3) is 6.08 Å². The van der Waals surface area contributed by atoms with Crippen molar-refractivity contribution in [2.45, 2.75) is 6.54 Å². The van der Waals surface area contributed by atoms with Crippen molar-refractivity contribution in [3.8, 4) is 0 Å². The molecule has 0 bridgehead atoms. The second-order valence-corrected chi connectivity index (χ2v) is 6.56. The van der Waals surface area contributed by atoms with E-state index in [1.807, 2.05) is 0 Å². The molecule has 2 aromatic heterocycles. The highest BCUT2D eigenvalue weighted by Gasteiger charge is 2.16. The SMILES string of the molecule is CN(C)C(=O)Cn1cc(NC(=O)C(=Cc2ccco2)NC(=O)c2ccccc2)cn1. The van der Waals surface area contributed by atoms with Crippen molar-refractivity contribution in [3.63, 3.8) is 0 Å². The van der Waals surface area contributed by atoms with Gasteiger partial charge in [-0.3, -0.25) is 19.1 Å². The van der Waals surface area contributed by atoms with Gasteiger partial charge in [0.25, 0.3) is 11.8 Å². The van der Waals surface area contributed by atoms with Gasteiger partial charge in [0.2, 0.25) is 5.91 Å². The van der Waals surface area contributed by atoms with Gasteiger partial charge in [-0.25, -0.2) is 0 Å².